The third kappa shape index (κ3) is 3.36. The Hall–Kier alpha value is -3.48. The summed E-state index contributed by atoms with van der Waals surface area (Å²) in [5.41, 5.74) is 3.06. The lowest BCUT2D eigenvalue weighted by Gasteiger charge is -2.25. The number of fused-ring (bicyclic) bond motifs is 1. The normalized spacial score (nSPS) is 17.7. The van der Waals surface area contributed by atoms with Crippen molar-refractivity contribution in [3.8, 4) is 0 Å². The number of hydrogen-bond acceptors (Lipinski definition) is 4. The van der Waals surface area contributed by atoms with Crippen LogP contribution in [-0.2, 0) is 11.2 Å². The van der Waals surface area contributed by atoms with Gasteiger partial charge in [0.25, 0.3) is 0 Å². The standard InChI is InChI=1S/C23H21FN4O2/c1-14(15-6-8-18(24)9-7-15)28-13-17(11-22(28)29)23-26-21(30-27-23)10-16-12-25-20-5-3-2-4-19(16)20/h2-9,12,14,17,25H,10-11,13H2,1H3. The average molecular weight is 404 g/mol. The maximum atomic E-state index is 13.2. The minimum atomic E-state index is -0.286. The Kier molecular flexibility index (Phi) is 4.58. The van der Waals surface area contributed by atoms with E-state index in [-0.39, 0.29) is 23.7 Å². The van der Waals surface area contributed by atoms with Crippen LogP contribution >= 0.6 is 0 Å². The second-order valence-electron chi connectivity index (χ2n) is 7.76. The van der Waals surface area contributed by atoms with E-state index in [2.05, 4.69) is 21.2 Å². The molecule has 1 aliphatic rings. The van der Waals surface area contributed by atoms with E-state index in [1.165, 1.54) is 12.1 Å². The third-order valence-corrected chi connectivity index (χ3v) is 5.84. The number of halogens is 1. The SMILES string of the molecule is CC(c1ccc(F)cc1)N1CC(c2noc(Cc3c[nH]c4ccccc34)n2)CC1=O. The highest BCUT2D eigenvalue weighted by Crippen LogP contribution is 2.33. The van der Waals surface area contributed by atoms with Crippen LogP contribution in [0.2, 0.25) is 0 Å². The topological polar surface area (TPSA) is 75.0 Å². The molecular weight excluding hydrogens is 383 g/mol. The van der Waals surface area contributed by atoms with E-state index in [1.54, 1.807) is 17.0 Å². The number of hydrogen-bond donors (Lipinski definition) is 1. The molecule has 1 fully saturated rings. The molecule has 2 atom stereocenters. The lowest BCUT2D eigenvalue weighted by molar-refractivity contribution is -0.129. The molecule has 0 spiro atoms. The van der Waals surface area contributed by atoms with Crippen molar-refractivity contribution in [1.82, 2.24) is 20.0 Å². The molecule has 2 unspecified atom stereocenters. The minimum Gasteiger partial charge on any atom is -0.361 e. The summed E-state index contributed by atoms with van der Waals surface area (Å²) in [6.07, 6.45) is 2.84. The molecule has 1 saturated heterocycles. The molecular formula is C23H21FN4O2. The summed E-state index contributed by atoms with van der Waals surface area (Å²) >= 11 is 0. The van der Waals surface area contributed by atoms with Crippen LogP contribution in [0.3, 0.4) is 0 Å². The van der Waals surface area contributed by atoms with Gasteiger partial charge in [0.15, 0.2) is 5.82 Å². The highest BCUT2D eigenvalue weighted by atomic mass is 19.1. The van der Waals surface area contributed by atoms with Gasteiger partial charge in [-0.05, 0) is 36.2 Å². The fourth-order valence-electron chi connectivity index (χ4n) is 4.15. The summed E-state index contributed by atoms with van der Waals surface area (Å²) in [6, 6.07) is 14.2. The molecule has 0 aliphatic carbocycles. The zero-order valence-corrected chi connectivity index (χ0v) is 16.5. The molecule has 152 valence electrons. The van der Waals surface area contributed by atoms with Gasteiger partial charge in [0.1, 0.15) is 5.82 Å². The van der Waals surface area contributed by atoms with E-state index in [0.29, 0.717) is 31.1 Å². The summed E-state index contributed by atoms with van der Waals surface area (Å²) in [6.45, 7) is 2.47. The molecule has 2 aromatic heterocycles. The Bertz CT molecular complexity index is 1200. The quantitative estimate of drug-likeness (QED) is 0.536. The Morgan fingerprint density at radius 1 is 1.23 bits per heavy atom. The van der Waals surface area contributed by atoms with Crippen molar-refractivity contribution in [2.24, 2.45) is 0 Å². The lowest BCUT2D eigenvalue weighted by atomic mass is 10.1. The molecule has 1 aliphatic heterocycles. The molecule has 1 amide bonds. The summed E-state index contributed by atoms with van der Waals surface area (Å²) in [7, 11) is 0. The predicted molar refractivity (Wildman–Crippen MR) is 109 cm³/mol. The van der Waals surface area contributed by atoms with Gasteiger partial charge in [-0.25, -0.2) is 4.39 Å². The van der Waals surface area contributed by atoms with Crippen molar-refractivity contribution >= 4 is 16.8 Å². The van der Waals surface area contributed by atoms with Crippen molar-refractivity contribution in [1.29, 1.82) is 0 Å². The van der Waals surface area contributed by atoms with Crippen molar-refractivity contribution in [3.05, 3.63) is 83.4 Å². The number of para-hydroxylation sites is 1. The van der Waals surface area contributed by atoms with Gasteiger partial charge in [-0.2, -0.15) is 4.98 Å². The monoisotopic (exact) mass is 404 g/mol. The molecule has 4 aromatic rings. The zero-order chi connectivity index (χ0) is 20.7. The Labute approximate surface area is 172 Å². The number of nitrogens with zero attached hydrogens (tertiary/aromatic N) is 3. The number of likely N-dealkylation sites (tertiary alicyclic amines) is 1. The molecule has 30 heavy (non-hydrogen) atoms. The molecule has 0 bridgehead atoms. The van der Waals surface area contributed by atoms with Gasteiger partial charge in [-0.1, -0.05) is 35.5 Å². The number of aromatic amines is 1. The Morgan fingerprint density at radius 3 is 2.87 bits per heavy atom. The van der Waals surface area contributed by atoms with E-state index in [4.69, 9.17) is 4.52 Å². The maximum Gasteiger partial charge on any atom is 0.231 e. The highest BCUT2D eigenvalue weighted by Gasteiger charge is 2.36. The molecule has 0 saturated carbocycles. The smallest absolute Gasteiger partial charge is 0.231 e. The molecule has 1 N–H and O–H groups in total. The molecule has 5 rings (SSSR count). The van der Waals surface area contributed by atoms with Crippen molar-refractivity contribution in [2.45, 2.75) is 31.7 Å². The third-order valence-electron chi connectivity index (χ3n) is 5.84. The largest absolute Gasteiger partial charge is 0.361 e. The first-order valence-electron chi connectivity index (χ1n) is 10.0. The van der Waals surface area contributed by atoms with Crippen LogP contribution in [0, 0.1) is 5.82 Å². The fourth-order valence-corrected chi connectivity index (χ4v) is 4.15. The fraction of sp³-hybridized carbons (Fsp3) is 0.261. The second-order valence-corrected chi connectivity index (χ2v) is 7.76. The zero-order valence-electron chi connectivity index (χ0n) is 16.5. The number of H-pyrrole nitrogens is 1. The summed E-state index contributed by atoms with van der Waals surface area (Å²) < 4.78 is 18.7. The minimum absolute atomic E-state index is 0.0415. The van der Waals surface area contributed by atoms with Crippen LogP contribution in [0.1, 0.15) is 48.1 Å². The van der Waals surface area contributed by atoms with Crippen LogP contribution in [-0.4, -0.2) is 32.5 Å². The van der Waals surface area contributed by atoms with Gasteiger partial charge in [-0.3, -0.25) is 4.79 Å². The molecule has 0 radical (unpaired) electrons. The summed E-state index contributed by atoms with van der Waals surface area (Å²) in [5, 5.41) is 5.28. The van der Waals surface area contributed by atoms with Crippen molar-refractivity contribution in [3.63, 3.8) is 0 Å². The molecule has 3 heterocycles. The molecule has 6 nitrogen and oxygen atoms in total. The highest BCUT2D eigenvalue weighted by molar-refractivity contribution is 5.83. The Morgan fingerprint density at radius 2 is 2.03 bits per heavy atom. The predicted octanol–water partition coefficient (Wildman–Crippen LogP) is 4.36. The number of benzene rings is 2. The maximum absolute atomic E-state index is 13.2. The van der Waals surface area contributed by atoms with E-state index in [0.717, 1.165) is 22.0 Å². The Balaban J connectivity index is 1.30. The first kappa shape index (κ1) is 18.5. The van der Waals surface area contributed by atoms with Crippen molar-refractivity contribution in [2.75, 3.05) is 6.54 Å². The van der Waals surface area contributed by atoms with E-state index < -0.39 is 0 Å². The first-order valence-corrected chi connectivity index (χ1v) is 10.0. The van der Waals surface area contributed by atoms with Crippen LogP contribution in [0.5, 0.6) is 0 Å². The number of carbonyl (C=O) groups excluding carboxylic acids is 1. The summed E-state index contributed by atoms with van der Waals surface area (Å²) in [5.74, 6) is 0.742. The van der Waals surface area contributed by atoms with Gasteiger partial charge in [0.05, 0.1) is 12.5 Å². The summed E-state index contributed by atoms with van der Waals surface area (Å²) in [4.78, 5) is 22.2. The number of aromatic nitrogens is 3. The lowest BCUT2D eigenvalue weighted by Crippen LogP contribution is -2.28. The van der Waals surface area contributed by atoms with Crippen molar-refractivity contribution < 1.29 is 13.7 Å². The van der Waals surface area contributed by atoms with E-state index in [9.17, 15) is 9.18 Å². The van der Waals surface area contributed by atoms with Gasteiger partial charge in [-0.15, -0.1) is 0 Å². The molecule has 2 aromatic carbocycles. The van der Waals surface area contributed by atoms with Crippen LogP contribution < -0.4 is 0 Å². The second kappa shape index (κ2) is 7.40. The number of carbonyl (C=O) groups is 1. The number of rotatable bonds is 5. The average Bonchev–Trinajstić information content (AvgIpc) is 3.47. The van der Waals surface area contributed by atoms with Gasteiger partial charge in [0, 0.05) is 36.0 Å². The van der Waals surface area contributed by atoms with Gasteiger partial charge < -0.3 is 14.4 Å². The van der Waals surface area contributed by atoms with Gasteiger partial charge in [0.2, 0.25) is 11.8 Å². The van der Waals surface area contributed by atoms with Crippen LogP contribution in [0.4, 0.5) is 4.39 Å². The van der Waals surface area contributed by atoms with E-state index in [1.807, 2.05) is 31.3 Å². The first-order chi connectivity index (χ1) is 14.6. The number of amides is 1. The van der Waals surface area contributed by atoms with Crippen LogP contribution in [0.25, 0.3) is 10.9 Å². The van der Waals surface area contributed by atoms with Crippen LogP contribution in [0.15, 0.2) is 59.3 Å². The number of nitrogens with one attached hydrogen (secondary N) is 1. The molecule has 7 heteroatoms. The van der Waals surface area contributed by atoms with E-state index >= 15 is 0 Å². The van der Waals surface area contributed by atoms with Gasteiger partial charge >= 0.3 is 0 Å².